The molecular formula is C14H16FN5OS2. The number of hydrogen-bond donors (Lipinski definition) is 1. The fourth-order valence-corrected chi connectivity index (χ4v) is 3.55. The van der Waals surface area contributed by atoms with Crippen LogP contribution in [0.15, 0.2) is 17.6 Å². The average molecular weight is 353 g/mol. The van der Waals surface area contributed by atoms with Gasteiger partial charge in [-0.3, -0.25) is 4.79 Å². The zero-order valence-corrected chi connectivity index (χ0v) is 14.2. The molecule has 3 heterocycles. The topological polar surface area (TPSA) is 71.0 Å². The lowest BCUT2D eigenvalue weighted by molar-refractivity contribution is -0.113. The molecule has 0 spiro atoms. The molecule has 1 amide bonds. The fraction of sp³-hybridized carbons (Fsp3) is 0.429. The number of carbonyl (C=O) groups excluding carboxylic acids is 1. The van der Waals surface area contributed by atoms with Crippen LogP contribution in [-0.4, -0.2) is 39.7 Å². The van der Waals surface area contributed by atoms with E-state index in [1.54, 1.807) is 6.20 Å². The Balaban J connectivity index is 1.59. The Kier molecular flexibility index (Phi) is 5.06. The maximum atomic E-state index is 13.8. The quantitative estimate of drug-likeness (QED) is 0.658. The average Bonchev–Trinajstić information content (AvgIpc) is 3.18. The lowest BCUT2D eigenvalue weighted by Crippen LogP contribution is -2.21. The Morgan fingerprint density at radius 1 is 1.39 bits per heavy atom. The van der Waals surface area contributed by atoms with Crippen LogP contribution in [0, 0.1) is 12.7 Å². The van der Waals surface area contributed by atoms with Gasteiger partial charge in [-0.05, 0) is 19.8 Å². The predicted octanol–water partition coefficient (Wildman–Crippen LogP) is 2.71. The van der Waals surface area contributed by atoms with Gasteiger partial charge in [-0.1, -0.05) is 11.8 Å². The smallest absolute Gasteiger partial charge is 0.236 e. The van der Waals surface area contributed by atoms with Gasteiger partial charge < -0.3 is 10.2 Å². The molecule has 0 unspecified atom stereocenters. The number of anilines is 2. The number of thiazole rings is 1. The third kappa shape index (κ3) is 4.17. The predicted molar refractivity (Wildman–Crippen MR) is 89.6 cm³/mol. The van der Waals surface area contributed by atoms with E-state index in [4.69, 9.17) is 0 Å². The van der Waals surface area contributed by atoms with Crippen molar-refractivity contribution in [3.63, 3.8) is 0 Å². The van der Waals surface area contributed by atoms with Crippen molar-refractivity contribution in [2.45, 2.75) is 24.9 Å². The maximum Gasteiger partial charge on any atom is 0.236 e. The van der Waals surface area contributed by atoms with Crippen molar-refractivity contribution in [2.75, 3.05) is 29.1 Å². The normalized spacial score (nSPS) is 14.3. The van der Waals surface area contributed by atoms with Crippen molar-refractivity contribution >= 4 is 40.0 Å². The molecule has 0 bridgehead atoms. The van der Waals surface area contributed by atoms with Crippen LogP contribution in [0.3, 0.4) is 0 Å². The van der Waals surface area contributed by atoms with Gasteiger partial charge in [-0.15, -0.1) is 11.3 Å². The highest BCUT2D eigenvalue weighted by atomic mass is 32.2. The first kappa shape index (κ1) is 16.1. The molecule has 1 aliphatic rings. The molecule has 1 N–H and O–H groups in total. The molecule has 2 aromatic heterocycles. The number of amides is 1. The first-order valence-electron chi connectivity index (χ1n) is 7.24. The highest BCUT2D eigenvalue weighted by molar-refractivity contribution is 7.99. The van der Waals surface area contributed by atoms with E-state index in [1.807, 2.05) is 11.8 Å². The van der Waals surface area contributed by atoms with Crippen LogP contribution in [0.5, 0.6) is 0 Å². The Morgan fingerprint density at radius 2 is 2.17 bits per heavy atom. The van der Waals surface area contributed by atoms with Gasteiger partial charge in [-0.2, -0.15) is 0 Å². The summed E-state index contributed by atoms with van der Waals surface area (Å²) in [5, 5.41) is 3.70. The molecule has 1 fully saturated rings. The third-order valence-electron chi connectivity index (χ3n) is 3.31. The van der Waals surface area contributed by atoms with Gasteiger partial charge in [-0.25, -0.2) is 19.3 Å². The van der Waals surface area contributed by atoms with Crippen LogP contribution in [0.4, 0.5) is 15.3 Å². The van der Waals surface area contributed by atoms with Gasteiger partial charge in [0, 0.05) is 24.2 Å². The first-order chi connectivity index (χ1) is 11.1. The Hall–Kier alpha value is -1.74. The maximum absolute atomic E-state index is 13.8. The Labute approximate surface area is 141 Å². The monoisotopic (exact) mass is 353 g/mol. The SMILES string of the molecule is Cc1cnc(NC(=O)CSc2ncc(F)c(N3CCCC3)n2)s1. The summed E-state index contributed by atoms with van der Waals surface area (Å²) in [7, 11) is 0. The molecule has 1 saturated heterocycles. The number of carbonyl (C=O) groups is 1. The molecule has 0 aromatic carbocycles. The molecule has 1 aliphatic heterocycles. The van der Waals surface area contributed by atoms with Crippen LogP contribution in [0.25, 0.3) is 0 Å². The van der Waals surface area contributed by atoms with E-state index in [0.29, 0.717) is 16.1 Å². The van der Waals surface area contributed by atoms with Crippen molar-refractivity contribution in [2.24, 2.45) is 0 Å². The van der Waals surface area contributed by atoms with Crippen LogP contribution in [0.2, 0.25) is 0 Å². The van der Waals surface area contributed by atoms with Gasteiger partial charge in [0.25, 0.3) is 0 Å². The van der Waals surface area contributed by atoms with Gasteiger partial charge in [0.2, 0.25) is 5.91 Å². The highest BCUT2D eigenvalue weighted by Crippen LogP contribution is 2.24. The fourth-order valence-electron chi connectivity index (χ4n) is 2.26. The highest BCUT2D eigenvalue weighted by Gasteiger charge is 2.19. The van der Waals surface area contributed by atoms with Crippen molar-refractivity contribution in [1.82, 2.24) is 15.0 Å². The summed E-state index contributed by atoms with van der Waals surface area (Å²) in [4.78, 5) is 27.1. The van der Waals surface area contributed by atoms with Crippen molar-refractivity contribution in [3.8, 4) is 0 Å². The van der Waals surface area contributed by atoms with Gasteiger partial charge in [0.15, 0.2) is 21.9 Å². The molecular weight excluding hydrogens is 337 g/mol. The van der Waals surface area contributed by atoms with E-state index in [9.17, 15) is 9.18 Å². The molecule has 3 rings (SSSR count). The zero-order valence-electron chi connectivity index (χ0n) is 12.6. The number of aromatic nitrogens is 3. The molecule has 0 saturated carbocycles. The lowest BCUT2D eigenvalue weighted by atomic mass is 10.4. The number of halogens is 1. The molecule has 0 aliphatic carbocycles. The van der Waals surface area contributed by atoms with Crippen LogP contribution in [-0.2, 0) is 4.79 Å². The van der Waals surface area contributed by atoms with Crippen LogP contribution < -0.4 is 10.2 Å². The van der Waals surface area contributed by atoms with E-state index >= 15 is 0 Å². The summed E-state index contributed by atoms with van der Waals surface area (Å²) in [6.45, 7) is 3.54. The number of rotatable bonds is 5. The second-order valence-electron chi connectivity index (χ2n) is 5.13. The molecule has 122 valence electrons. The molecule has 6 nitrogen and oxygen atoms in total. The van der Waals surface area contributed by atoms with Gasteiger partial charge in [0.1, 0.15) is 0 Å². The van der Waals surface area contributed by atoms with E-state index < -0.39 is 5.82 Å². The van der Waals surface area contributed by atoms with Crippen molar-refractivity contribution in [3.05, 3.63) is 23.1 Å². The van der Waals surface area contributed by atoms with Crippen molar-refractivity contribution < 1.29 is 9.18 Å². The molecule has 23 heavy (non-hydrogen) atoms. The summed E-state index contributed by atoms with van der Waals surface area (Å²) in [6, 6.07) is 0. The van der Waals surface area contributed by atoms with E-state index in [2.05, 4.69) is 20.3 Å². The summed E-state index contributed by atoms with van der Waals surface area (Å²) < 4.78 is 13.8. The van der Waals surface area contributed by atoms with Gasteiger partial charge >= 0.3 is 0 Å². The number of thioether (sulfide) groups is 1. The second-order valence-corrected chi connectivity index (χ2v) is 7.31. The zero-order chi connectivity index (χ0) is 16.2. The van der Waals surface area contributed by atoms with Crippen LogP contribution in [0.1, 0.15) is 17.7 Å². The number of aryl methyl sites for hydroxylation is 1. The van der Waals surface area contributed by atoms with E-state index in [1.165, 1.54) is 29.3 Å². The minimum absolute atomic E-state index is 0.156. The summed E-state index contributed by atoms with van der Waals surface area (Å²) in [6.07, 6.45) is 4.97. The number of hydrogen-bond acceptors (Lipinski definition) is 7. The summed E-state index contributed by atoms with van der Waals surface area (Å²) >= 11 is 2.60. The minimum Gasteiger partial charge on any atom is -0.354 e. The molecule has 9 heteroatoms. The molecule has 0 radical (unpaired) electrons. The first-order valence-corrected chi connectivity index (χ1v) is 9.04. The van der Waals surface area contributed by atoms with E-state index in [0.717, 1.165) is 30.8 Å². The van der Waals surface area contributed by atoms with E-state index in [-0.39, 0.29) is 11.7 Å². The Morgan fingerprint density at radius 3 is 2.87 bits per heavy atom. The standard InChI is InChI=1S/C14H16FN5OS2/c1-9-6-16-14(23-9)18-11(21)8-22-13-17-7-10(15)12(19-13)20-4-2-3-5-20/h6-7H,2-5,8H2,1H3,(H,16,18,21). The third-order valence-corrected chi connectivity index (χ3v) is 5.00. The van der Waals surface area contributed by atoms with Crippen LogP contribution >= 0.6 is 23.1 Å². The number of nitrogens with zero attached hydrogens (tertiary/aromatic N) is 4. The molecule has 0 atom stereocenters. The molecule has 2 aromatic rings. The second kappa shape index (κ2) is 7.22. The summed E-state index contributed by atoms with van der Waals surface area (Å²) in [5.41, 5.74) is 0. The minimum atomic E-state index is -0.418. The van der Waals surface area contributed by atoms with Crippen molar-refractivity contribution in [1.29, 1.82) is 0 Å². The lowest BCUT2D eigenvalue weighted by Gasteiger charge is -2.17. The largest absolute Gasteiger partial charge is 0.354 e. The summed E-state index contributed by atoms with van der Waals surface area (Å²) in [5.74, 6) is -0.112. The van der Waals surface area contributed by atoms with Gasteiger partial charge in [0.05, 0.1) is 11.9 Å². The number of nitrogens with one attached hydrogen (secondary N) is 1. The Bertz CT molecular complexity index is 702.